The molecular formula is C16H23N5O. The van der Waals surface area contributed by atoms with Crippen molar-refractivity contribution in [2.75, 3.05) is 6.54 Å². The van der Waals surface area contributed by atoms with Crippen molar-refractivity contribution >= 4 is 5.91 Å². The van der Waals surface area contributed by atoms with Gasteiger partial charge in [-0.2, -0.15) is 5.10 Å². The van der Waals surface area contributed by atoms with E-state index < -0.39 is 0 Å². The van der Waals surface area contributed by atoms with Crippen molar-refractivity contribution < 1.29 is 4.79 Å². The van der Waals surface area contributed by atoms with E-state index in [9.17, 15) is 4.79 Å². The molecule has 0 saturated carbocycles. The van der Waals surface area contributed by atoms with Crippen molar-refractivity contribution in [3.63, 3.8) is 0 Å². The van der Waals surface area contributed by atoms with Gasteiger partial charge < -0.3 is 11.1 Å². The van der Waals surface area contributed by atoms with Crippen LogP contribution in [0.25, 0.3) is 5.69 Å². The van der Waals surface area contributed by atoms with E-state index in [1.54, 1.807) is 11.0 Å². The molecule has 1 aromatic heterocycles. The van der Waals surface area contributed by atoms with Crippen LogP contribution < -0.4 is 11.1 Å². The van der Waals surface area contributed by atoms with Gasteiger partial charge in [-0.25, -0.2) is 9.67 Å². The molecule has 0 saturated heterocycles. The summed E-state index contributed by atoms with van der Waals surface area (Å²) in [6, 6.07) is 5.63. The molecule has 1 atom stereocenters. The number of aromatic nitrogens is 3. The fourth-order valence-corrected chi connectivity index (χ4v) is 2.35. The number of nitrogens with one attached hydrogen (secondary N) is 1. The third-order valence-corrected chi connectivity index (χ3v) is 3.66. The smallest absolute Gasteiger partial charge is 0.251 e. The zero-order valence-electron chi connectivity index (χ0n) is 13.1. The van der Waals surface area contributed by atoms with Gasteiger partial charge >= 0.3 is 0 Å². The van der Waals surface area contributed by atoms with E-state index >= 15 is 0 Å². The van der Waals surface area contributed by atoms with Crippen LogP contribution in [0.5, 0.6) is 0 Å². The molecular weight excluding hydrogens is 278 g/mol. The molecule has 118 valence electrons. The number of rotatable bonds is 7. The Kier molecular flexibility index (Phi) is 5.66. The summed E-state index contributed by atoms with van der Waals surface area (Å²) < 4.78 is 1.67. The average Bonchev–Trinajstić information content (AvgIpc) is 3.05. The highest BCUT2D eigenvalue weighted by Crippen LogP contribution is 2.14. The van der Waals surface area contributed by atoms with E-state index in [1.807, 2.05) is 25.1 Å². The molecule has 1 heterocycles. The average molecular weight is 301 g/mol. The SMILES string of the molecule is CCCCC(CN)NC(=O)c1ccc(-n2cncn2)cc1C. The quantitative estimate of drug-likeness (QED) is 0.817. The van der Waals surface area contributed by atoms with Gasteiger partial charge in [0, 0.05) is 18.2 Å². The third-order valence-electron chi connectivity index (χ3n) is 3.66. The fraction of sp³-hybridized carbons (Fsp3) is 0.438. The van der Waals surface area contributed by atoms with E-state index in [0.717, 1.165) is 30.5 Å². The molecule has 22 heavy (non-hydrogen) atoms. The van der Waals surface area contributed by atoms with Crippen molar-refractivity contribution in [2.24, 2.45) is 5.73 Å². The highest BCUT2D eigenvalue weighted by atomic mass is 16.1. The molecule has 0 spiro atoms. The summed E-state index contributed by atoms with van der Waals surface area (Å²) in [5.74, 6) is -0.0748. The second kappa shape index (κ2) is 7.70. The minimum absolute atomic E-state index is 0.0295. The maximum absolute atomic E-state index is 12.4. The number of nitrogens with zero attached hydrogens (tertiary/aromatic N) is 3. The number of hydrogen-bond acceptors (Lipinski definition) is 4. The summed E-state index contributed by atoms with van der Waals surface area (Å²) in [5, 5.41) is 7.10. The molecule has 1 amide bonds. The largest absolute Gasteiger partial charge is 0.348 e. The second-order valence-corrected chi connectivity index (χ2v) is 5.39. The number of nitrogens with two attached hydrogens (primary N) is 1. The highest BCUT2D eigenvalue weighted by molar-refractivity contribution is 5.96. The van der Waals surface area contributed by atoms with E-state index in [4.69, 9.17) is 5.73 Å². The molecule has 2 aromatic rings. The number of carbonyl (C=O) groups excluding carboxylic acids is 1. The molecule has 0 aliphatic rings. The number of amides is 1. The second-order valence-electron chi connectivity index (χ2n) is 5.39. The molecule has 0 bridgehead atoms. The Bertz CT molecular complexity index is 609. The normalized spacial score (nSPS) is 12.1. The molecule has 1 unspecified atom stereocenters. The fourth-order valence-electron chi connectivity index (χ4n) is 2.35. The van der Waals surface area contributed by atoms with E-state index in [-0.39, 0.29) is 11.9 Å². The summed E-state index contributed by atoms with van der Waals surface area (Å²) in [4.78, 5) is 16.3. The van der Waals surface area contributed by atoms with Crippen molar-refractivity contribution in [1.29, 1.82) is 0 Å². The Hall–Kier alpha value is -2.21. The molecule has 3 N–H and O–H groups in total. The number of benzene rings is 1. The van der Waals surface area contributed by atoms with Gasteiger partial charge in [0.15, 0.2) is 0 Å². The van der Waals surface area contributed by atoms with Gasteiger partial charge in [-0.15, -0.1) is 0 Å². The number of carbonyl (C=O) groups is 1. The van der Waals surface area contributed by atoms with Crippen molar-refractivity contribution in [3.05, 3.63) is 42.0 Å². The lowest BCUT2D eigenvalue weighted by Crippen LogP contribution is -2.40. The maximum atomic E-state index is 12.4. The third kappa shape index (κ3) is 3.92. The molecule has 0 radical (unpaired) electrons. The van der Waals surface area contributed by atoms with Crippen LogP contribution in [0.4, 0.5) is 0 Å². The molecule has 0 aliphatic carbocycles. The van der Waals surface area contributed by atoms with Gasteiger partial charge in [-0.05, 0) is 37.1 Å². The molecule has 1 aromatic carbocycles. The summed E-state index contributed by atoms with van der Waals surface area (Å²) >= 11 is 0. The maximum Gasteiger partial charge on any atom is 0.251 e. The highest BCUT2D eigenvalue weighted by Gasteiger charge is 2.14. The van der Waals surface area contributed by atoms with Crippen LogP contribution >= 0.6 is 0 Å². The van der Waals surface area contributed by atoms with Crippen LogP contribution in [0.2, 0.25) is 0 Å². The topological polar surface area (TPSA) is 85.8 Å². The van der Waals surface area contributed by atoms with Crippen molar-refractivity contribution in [3.8, 4) is 5.69 Å². The molecule has 0 aliphatic heterocycles. The summed E-state index contributed by atoms with van der Waals surface area (Å²) in [6.07, 6.45) is 6.18. The van der Waals surface area contributed by atoms with Gasteiger partial charge in [0.1, 0.15) is 12.7 Å². The van der Waals surface area contributed by atoms with E-state index in [1.165, 1.54) is 6.33 Å². The van der Waals surface area contributed by atoms with Gasteiger partial charge in [-0.1, -0.05) is 19.8 Å². The van der Waals surface area contributed by atoms with Crippen molar-refractivity contribution in [2.45, 2.75) is 39.2 Å². The minimum atomic E-state index is -0.0748. The van der Waals surface area contributed by atoms with Gasteiger partial charge in [-0.3, -0.25) is 4.79 Å². The summed E-state index contributed by atoms with van der Waals surface area (Å²) in [5.41, 5.74) is 8.18. The number of unbranched alkanes of at least 4 members (excludes halogenated alkanes) is 1. The first-order valence-corrected chi connectivity index (χ1v) is 7.62. The predicted molar refractivity (Wildman–Crippen MR) is 85.9 cm³/mol. The lowest BCUT2D eigenvalue weighted by Gasteiger charge is -2.17. The van der Waals surface area contributed by atoms with Crippen LogP contribution in [0.1, 0.15) is 42.1 Å². The molecule has 0 fully saturated rings. The molecule has 6 heteroatoms. The van der Waals surface area contributed by atoms with Gasteiger partial charge in [0.05, 0.1) is 5.69 Å². The van der Waals surface area contributed by atoms with Crippen LogP contribution in [0.3, 0.4) is 0 Å². The zero-order chi connectivity index (χ0) is 15.9. The lowest BCUT2D eigenvalue weighted by molar-refractivity contribution is 0.0935. The number of aryl methyl sites for hydroxylation is 1. The van der Waals surface area contributed by atoms with Crippen LogP contribution in [-0.2, 0) is 0 Å². The van der Waals surface area contributed by atoms with Gasteiger partial charge in [0.2, 0.25) is 0 Å². The Morgan fingerprint density at radius 2 is 2.27 bits per heavy atom. The Morgan fingerprint density at radius 1 is 1.45 bits per heavy atom. The first kappa shape index (κ1) is 16.2. The van der Waals surface area contributed by atoms with E-state index in [2.05, 4.69) is 22.3 Å². The van der Waals surface area contributed by atoms with Crippen LogP contribution in [-0.4, -0.2) is 33.3 Å². The van der Waals surface area contributed by atoms with Crippen molar-refractivity contribution in [1.82, 2.24) is 20.1 Å². The summed E-state index contributed by atoms with van der Waals surface area (Å²) in [6.45, 7) is 4.50. The minimum Gasteiger partial charge on any atom is -0.348 e. The first-order valence-electron chi connectivity index (χ1n) is 7.62. The Labute approximate surface area is 130 Å². The predicted octanol–water partition coefficient (Wildman–Crippen LogP) is 1.82. The van der Waals surface area contributed by atoms with Crippen LogP contribution in [0.15, 0.2) is 30.9 Å². The number of hydrogen-bond donors (Lipinski definition) is 2. The lowest BCUT2D eigenvalue weighted by atomic mass is 10.1. The summed E-state index contributed by atoms with van der Waals surface area (Å²) in [7, 11) is 0. The van der Waals surface area contributed by atoms with E-state index in [0.29, 0.717) is 12.1 Å². The Morgan fingerprint density at radius 3 is 2.86 bits per heavy atom. The van der Waals surface area contributed by atoms with Gasteiger partial charge in [0.25, 0.3) is 5.91 Å². The standard InChI is InChI=1S/C16H23N5O/c1-3-4-5-13(9-17)20-16(22)15-7-6-14(8-12(15)2)21-11-18-10-19-21/h6-8,10-11,13H,3-5,9,17H2,1-2H3,(H,20,22). The molecule has 2 rings (SSSR count). The monoisotopic (exact) mass is 301 g/mol. The Balaban J connectivity index is 2.10. The zero-order valence-corrected chi connectivity index (χ0v) is 13.1. The van der Waals surface area contributed by atoms with Crippen LogP contribution in [0, 0.1) is 6.92 Å². The molecule has 6 nitrogen and oxygen atoms in total. The first-order chi connectivity index (χ1) is 10.7.